The van der Waals surface area contributed by atoms with E-state index in [-0.39, 0.29) is 64.6 Å². The van der Waals surface area contributed by atoms with Crippen LogP contribution in [-0.2, 0) is 37.5 Å². The normalized spacial score (nSPS) is 11.1. The summed E-state index contributed by atoms with van der Waals surface area (Å²) in [6, 6.07) is 25.6. The minimum Gasteiger partial charge on any atom is -0.508 e. The minimum atomic E-state index is -3.11. The number of aromatic nitrogens is 3. The van der Waals surface area contributed by atoms with E-state index < -0.39 is 26.1 Å². The zero-order valence-electron chi connectivity index (χ0n) is 43.7. The summed E-state index contributed by atoms with van der Waals surface area (Å²) < 4.78 is 67.5. The third kappa shape index (κ3) is 22.1. The highest BCUT2D eigenvalue weighted by molar-refractivity contribution is 7.59. The Labute approximate surface area is 443 Å². The largest absolute Gasteiger partial charge is 0.508 e. The van der Waals surface area contributed by atoms with E-state index in [0.29, 0.717) is 67.6 Å². The first-order valence-corrected chi connectivity index (χ1v) is 25.4. The molecule has 0 radical (unpaired) electrons. The van der Waals surface area contributed by atoms with E-state index in [4.69, 9.17) is 54.8 Å². The number of nitro groups is 1. The molecule has 0 bridgehead atoms. The predicted octanol–water partition coefficient (Wildman–Crippen LogP) is 8.40. The summed E-state index contributed by atoms with van der Waals surface area (Å²) in [5.41, 5.74) is 3.52. The molecule has 0 aliphatic carbocycles. The molecule has 0 fully saturated rings. The number of rotatable bonds is 16. The SMILES string of the molecule is CC(C)(C)c1cc(OCCCO)cc(-n2nc3ccccc3n2)c1O.CC(C)(C)c1cc(OCCCO)cc(N=Nc2ccccc2[N+](=O)[O-])c1O.CC(C)(C)c1cc(OCCCO)ccc1O.O=S(=O)=O.O=S(=O)=O. The van der Waals surface area contributed by atoms with Gasteiger partial charge in [-0.05, 0) is 64.8 Å². The van der Waals surface area contributed by atoms with Crippen LogP contribution in [0.3, 0.4) is 0 Å². The number of aromatic hydroxyl groups is 3. The summed E-state index contributed by atoms with van der Waals surface area (Å²) >= 11 is 0. The van der Waals surface area contributed by atoms with E-state index in [1.165, 1.54) is 23.0 Å². The first-order valence-electron chi connectivity index (χ1n) is 23.4. The summed E-state index contributed by atoms with van der Waals surface area (Å²) in [6.45, 7) is 19.4. The monoisotopic (exact) mass is 1100 g/mol. The van der Waals surface area contributed by atoms with Crippen LogP contribution < -0.4 is 14.2 Å². The standard InChI is InChI=1S/C19H23N3O5.C19H23N3O3.C13H20O3.2O3S/c1-19(2,3)14-11-13(27-10-6-9-23)12-16(18(14)24)21-20-15-7-4-5-8-17(15)22(25)26;1-19(2,3)14-11-13(25-10-6-9-23)12-17(18(14)24)22-20-15-7-4-5-8-16(15)21-22;1-13(2,3)11-9-10(5-6-12(11)15)16-8-4-7-14;2*1-4(2)3/h4-5,7-8,11-12,23-24H,6,9-10H2,1-3H3;4-5,7-8,11-12,23-24H,6,9-10H2,1-3H3;5-6,9,14-15H,4,7-8H2,1-3H3;;. The zero-order chi connectivity index (χ0) is 57.4. The number of nitro benzene ring substituents is 1. The smallest absolute Gasteiger partial charge is 0.425 e. The highest BCUT2D eigenvalue weighted by atomic mass is 32.2. The molecule has 23 nitrogen and oxygen atoms in total. The summed E-state index contributed by atoms with van der Waals surface area (Å²) in [4.78, 5) is 12.0. The number of hydrogen-bond acceptors (Lipinski definition) is 21. The number of fused-ring (bicyclic) bond motifs is 1. The van der Waals surface area contributed by atoms with Crippen LogP contribution in [0.5, 0.6) is 34.5 Å². The van der Waals surface area contributed by atoms with Crippen molar-refractivity contribution in [2.75, 3.05) is 39.6 Å². The first-order chi connectivity index (χ1) is 35.5. The lowest BCUT2D eigenvalue weighted by Crippen LogP contribution is -2.14. The van der Waals surface area contributed by atoms with E-state index in [1.807, 2.05) is 98.7 Å². The molecule has 0 aliphatic heterocycles. The number of hydrogen-bond donors (Lipinski definition) is 6. The van der Waals surface area contributed by atoms with Crippen LogP contribution in [0.15, 0.2) is 101 Å². The van der Waals surface area contributed by atoms with E-state index in [0.717, 1.165) is 27.9 Å². The number of benzene rings is 5. The van der Waals surface area contributed by atoms with E-state index >= 15 is 0 Å². The van der Waals surface area contributed by atoms with Gasteiger partial charge in [0.05, 0.1) is 24.7 Å². The van der Waals surface area contributed by atoms with Crippen molar-refractivity contribution < 1.29 is 75.0 Å². The number of azo groups is 1. The molecule has 1 aromatic heterocycles. The average molecular weight is 1100 g/mol. The molecule has 0 unspecified atom stereocenters. The quantitative estimate of drug-likeness (QED) is 0.0229. The second-order valence-electron chi connectivity index (χ2n) is 19.2. The lowest BCUT2D eigenvalue weighted by Gasteiger charge is -2.23. The van der Waals surface area contributed by atoms with Crippen molar-refractivity contribution in [3.63, 3.8) is 0 Å². The number of aliphatic hydroxyl groups excluding tert-OH is 3. The number of phenolic OH excluding ortho intramolecular Hbond substituents is 3. The Balaban J connectivity index is 0.000000372. The van der Waals surface area contributed by atoms with Crippen molar-refractivity contribution in [1.29, 1.82) is 0 Å². The molecule has 6 N–H and O–H groups in total. The van der Waals surface area contributed by atoms with Crippen molar-refractivity contribution in [3.8, 4) is 40.2 Å². The molecule has 0 aliphatic rings. The van der Waals surface area contributed by atoms with Gasteiger partial charge in [-0.1, -0.05) is 86.6 Å². The van der Waals surface area contributed by atoms with Crippen LogP contribution in [-0.4, -0.2) is 115 Å². The third-order valence-corrected chi connectivity index (χ3v) is 10.1. The lowest BCUT2D eigenvalue weighted by molar-refractivity contribution is -0.384. The number of phenols is 3. The van der Waals surface area contributed by atoms with E-state index in [9.17, 15) is 25.4 Å². The number of para-hydroxylation sites is 1. The maximum atomic E-state index is 11.1. The number of aliphatic hydroxyl groups is 3. The molecule has 0 spiro atoms. The Morgan fingerprint density at radius 3 is 1.38 bits per heavy atom. The van der Waals surface area contributed by atoms with Crippen molar-refractivity contribution in [3.05, 3.63) is 118 Å². The van der Waals surface area contributed by atoms with Gasteiger partial charge in [-0.3, -0.25) is 10.1 Å². The van der Waals surface area contributed by atoms with Crippen molar-refractivity contribution in [1.82, 2.24) is 15.0 Å². The third-order valence-electron chi connectivity index (χ3n) is 10.1. The topological polar surface area (TPSA) is 350 Å². The van der Waals surface area contributed by atoms with Crippen molar-refractivity contribution in [2.24, 2.45) is 10.2 Å². The lowest BCUT2D eigenvalue weighted by atomic mass is 9.86. The number of ether oxygens (including phenoxy) is 3. The van der Waals surface area contributed by atoms with Gasteiger partial charge in [0.15, 0.2) is 5.69 Å². The van der Waals surface area contributed by atoms with Gasteiger partial charge in [0, 0.05) is 74.0 Å². The second kappa shape index (κ2) is 30.7. The fourth-order valence-corrected chi connectivity index (χ4v) is 6.47. The fourth-order valence-electron chi connectivity index (χ4n) is 6.47. The van der Waals surface area contributed by atoms with Gasteiger partial charge in [-0.15, -0.1) is 50.5 Å². The maximum Gasteiger partial charge on any atom is 0.425 e. The van der Waals surface area contributed by atoms with E-state index in [1.54, 1.807) is 36.4 Å². The van der Waals surface area contributed by atoms with Crippen LogP contribution in [0.4, 0.5) is 17.1 Å². The van der Waals surface area contributed by atoms with Crippen molar-refractivity contribution >= 4 is 49.3 Å². The predicted molar refractivity (Wildman–Crippen MR) is 281 cm³/mol. The van der Waals surface area contributed by atoms with Crippen LogP contribution >= 0.6 is 0 Å². The molecule has 0 saturated carbocycles. The zero-order valence-corrected chi connectivity index (χ0v) is 45.3. The Bertz CT molecular complexity index is 3020. The summed E-state index contributed by atoms with van der Waals surface area (Å²) in [7, 11) is -6.22. The molecule has 1 heterocycles. The highest BCUT2D eigenvalue weighted by Crippen LogP contribution is 2.43. The number of nitrogens with zero attached hydrogens (tertiary/aromatic N) is 6. The van der Waals surface area contributed by atoms with Crippen molar-refractivity contribution in [2.45, 2.75) is 97.8 Å². The average Bonchev–Trinajstić information content (AvgIpc) is 3.76. The Morgan fingerprint density at radius 2 is 0.934 bits per heavy atom. The van der Waals surface area contributed by atoms with Crippen LogP contribution in [0.25, 0.3) is 16.7 Å². The highest BCUT2D eigenvalue weighted by Gasteiger charge is 2.25. The molecule has 0 amide bonds. The molecule has 5 aromatic carbocycles. The van der Waals surface area contributed by atoms with Gasteiger partial charge in [0.2, 0.25) is 0 Å². The summed E-state index contributed by atoms with van der Waals surface area (Å²) in [5.74, 6) is 2.20. The van der Waals surface area contributed by atoms with Gasteiger partial charge in [0.1, 0.15) is 56.9 Å². The fraction of sp³-hybridized carbons (Fsp3) is 0.412. The van der Waals surface area contributed by atoms with Gasteiger partial charge in [-0.2, -0.15) is 0 Å². The second-order valence-corrected chi connectivity index (χ2v) is 20.0. The molecule has 6 rings (SSSR count). The van der Waals surface area contributed by atoms with Gasteiger partial charge in [0.25, 0.3) is 5.69 Å². The van der Waals surface area contributed by atoms with E-state index in [2.05, 4.69) is 20.4 Å². The Hall–Kier alpha value is -7.58. The molecule has 25 heteroatoms. The molecule has 414 valence electrons. The Morgan fingerprint density at radius 1 is 0.539 bits per heavy atom. The molecule has 0 saturated heterocycles. The molecular weight excluding hydrogens is 1030 g/mol. The van der Waals surface area contributed by atoms with Gasteiger partial charge >= 0.3 is 21.2 Å². The van der Waals surface area contributed by atoms with Crippen LogP contribution in [0.1, 0.15) is 98.3 Å². The minimum absolute atomic E-state index is 0.00838. The van der Waals surface area contributed by atoms with Crippen LogP contribution in [0, 0.1) is 10.1 Å². The summed E-state index contributed by atoms with van der Waals surface area (Å²) in [6.07, 6.45) is 1.63. The molecular formula is C51H66N6O17S2. The molecule has 76 heavy (non-hydrogen) atoms. The Kier molecular flexibility index (Phi) is 26.1. The van der Waals surface area contributed by atoms with Crippen LogP contribution in [0.2, 0.25) is 0 Å². The first kappa shape index (κ1) is 64.5. The molecule has 6 aromatic rings. The van der Waals surface area contributed by atoms with Gasteiger partial charge in [-0.25, -0.2) is 0 Å². The maximum absolute atomic E-state index is 11.1. The molecule has 0 atom stereocenters. The summed E-state index contributed by atoms with van der Waals surface area (Å²) in [5, 5.41) is 85.6. The van der Waals surface area contributed by atoms with Gasteiger partial charge < -0.3 is 44.8 Å².